The van der Waals surface area contributed by atoms with Crippen LogP contribution in [0.25, 0.3) is 0 Å². The van der Waals surface area contributed by atoms with Crippen LogP contribution in [0.2, 0.25) is 0 Å². The van der Waals surface area contributed by atoms with E-state index >= 15 is 0 Å². The molecule has 1 fully saturated rings. The molecule has 2 atom stereocenters. The number of hydrogen-bond acceptors (Lipinski definition) is 3. The topological polar surface area (TPSA) is 54.7 Å². The first-order valence-corrected chi connectivity index (χ1v) is 8.91. The number of guanidine groups is 1. The largest absolute Gasteiger partial charge is 0.488 e. The van der Waals surface area contributed by atoms with Crippen molar-refractivity contribution in [2.24, 2.45) is 12.0 Å². The Hall–Kier alpha value is -1.77. The van der Waals surface area contributed by atoms with Crippen LogP contribution >= 0.6 is 24.0 Å². The van der Waals surface area contributed by atoms with Crippen LogP contribution in [0.5, 0.6) is 5.75 Å². The molecule has 2 aliphatic rings. The number of hydrogen-bond donors (Lipinski definition) is 1. The van der Waals surface area contributed by atoms with Gasteiger partial charge in [0.15, 0.2) is 5.96 Å². The summed E-state index contributed by atoms with van der Waals surface area (Å²) in [5, 5.41) is 7.79. The molecule has 3 heterocycles. The summed E-state index contributed by atoms with van der Waals surface area (Å²) in [4.78, 5) is 6.80. The summed E-state index contributed by atoms with van der Waals surface area (Å²) in [6.07, 6.45) is 6.36. The van der Waals surface area contributed by atoms with Gasteiger partial charge in [0.05, 0.1) is 12.7 Å². The summed E-state index contributed by atoms with van der Waals surface area (Å²) in [5.74, 6) is 2.51. The monoisotopic (exact) mass is 467 g/mol. The lowest BCUT2D eigenvalue weighted by Crippen LogP contribution is -2.43. The Morgan fingerprint density at radius 2 is 2.23 bits per heavy atom. The van der Waals surface area contributed by atoms with Crippen molar-refractivity contribution in [2.45, 2.75) is 24.9 Å². The summed E-state index contributed by atoms with van der Waals surface area (Å²) in [6.45, 7) is 2.78. The van der Waals surface area contributed by atoms with Gasteiger partial charge >= 0.3 is 0 Å². The normalized spacial score (nSPS) is 21.9. The van der Waals surface area contributed by atoms with Crippen molar-refractivity contribution in [1.29, 1.82) is 0 Å². The van der Waals surface area contributed by atoms with E-state index in [4.69, 9.17) is 4.74 Å². The third kappa shape index (κ3) is 3.97. The molecule has 0 radical (unpaired) electrons. The van der Waals surface area contributed by atoms with Crippen molar-refractivity contribution in [3.8, 4) is 5.75 Å². The van der Waals surface area contributed by atoms with Gasteiger partial charge in [0.1, 0.15) is 11.9 Å². The van der Waals surface area contributed by atoms with Gasteiger partial charge in [-0.15, -0.1) is 24.0 Å². The average molecular weight is 467 g/mol. The highest BCUT2D eigenvalue weighted by Crippen LogP contribution is 2.28. The maximum absolute atomic E-state index is 6.01. The maximum atomic E-state index is 6.01. The van der Waals surface area contributed by atoms with Gasteiger partial charge in [0.2, 0.25) is 0 Å². The quantitative estimate of drug-likeness (QED) is 0.428. The van der Waals surface area contributed by atoms with Crippen molar-refractivity contribution >= 4 is 29.9 Å². The third-order valence-corrected chi connectivity index (χ3v) is 5.10. The van der Waals surface area contributed by atoms with E-state index in [-0.39, 0.29) is 30.1 Å². The molecule has 2 unspecified atom stereocenters. The van der Waals surface area contributed by atoms with Crippen LogP contribution in [0, 0.1) is 0 Å². The maximum Gasteiger partial charge on any atom is 0.193 e. The van der Waals surface area contributed by atoms with E-state index < -0.39 is 0 Å². The van der Waals surface area contributed by atoms with Gasteiger partial charge in [0, 0.05) is 45.7 Å². The Balaban J connectivity index is 0.00000196. The molecule has 6 nitrogen and oxygen atoms in total. The van der Waals surface area contributed by atoms with Crippen LogP contribution in [0.1, 0.15) is 23.5 Å². The van der Waals surface area contributed by atoms with E-state index in [1.807, 2.05) is 37.1 Å². The number of likely N-dealkylation sites (tertiary alicyclic amines) is 1. The highest BCUT2D eigenvalue weighted by Gasteiger charge is 2.28. The number of aryl methyl sites for hydroxylation is 1. The first kappa shape index (κ1) is 19.0. The Morgan fingerprint density at radius 3 is 2.96 bits per heavy atom. The lowest BCUT2D eigenvalue weighted by molar-refractivity contribution is 0.233. The molecule has 0 saturated carbocycles. The number of aromatic nitrogens is 2. The number of nitrogens with zero attached hydrogens (tertiary/aromatic N) is 4. The molecule has 0 amide bonds. The van der Waals surface area contributed by atoms with Crippen LogP contribution in [-0.4, -0.2) is 53.4 Å². The smallest absolute Gasteiger partial charge is 0.193 e. The highest BCUT2D eigenvalue weighted by molar-refractivity contribution is 14.0. The van der Waals surface area contributed by atoms with Crippen LogP contribution in [0.15, 0.2) is 41.7 Å². The van der Waals surface area contributed by atoms with E-state index in [0.29, 0.717) is 5.92 Å². The number of nitrogens with one attached hydrogen (secondary N) is 1. The zero-order valence-corrected chi connectivity index (χ0v) is 17.6. The van der Waals surface area contributed by atoms with E-state index in [0.717, 1.165) is 44.2 Å². The molecule has 2 aliphatic heterocycles. The standard InChI is InChI=1S/C19H25N5O.HI/c1-20-19(21-11-17-9-14-5-3-4-6-18(14)25-17)24-8-7-15(13-24)16-10-22-23(2)12-16;/h3-6,10,12,15,17H,7-9,11,13H2,1-2H3,(H,20,21);1H. The first-order valence-electron chi connectivity index (χ1n) is 8.91. The Bertz CT molecular complexity index is 750. The number of benzene rings is 1. The van der Waals surface area contributed by atoms with Crippen molar-refractivity contribution in [3.05, 3.63) is 47.8 Å². The average Bonchev–Trinajstić information content (AvgIpc) is 3.34. The van der Waals surface area contributed by atoms with Gasteiger partial charge in [-0.25, -0.2) is 0 Å². The fourth-order valence-electron chi connectivity index (χ4n) is 3.78. The fourth-order valence-corrected chi connectivity index (χ4v) is 3.78. The molecule has 0 aliphatic carbocycles. The molecule has 140 valence electrons. The predicted molar refractivity (Wildman–Crippen MR) is 113 cm³/mol. The lowest BCUT2D eigenvalue weighted by atomic mass is 10.0. The number of ether oxygens (including phenoxy) is 1. The molecule has 7 heteroatoms. The molecule has 0 bridgehead atoms. The number of halogens is 1. The van der Waals surface area contributed by atoms with E-state index in [9.17, 15) is 0 Å². The Kier molecular flexibility index (Phi) is 6.05. The molecular weight excluding hydrogens is 441 g/mol. The highest BCUT2D eigenvalue weighted by atomic mass is 127. The van der Waals surface area contributed by atoms with Crippen LogP contribution in [0.3, 0.4) is 0 Å². The summed E-state index contributed by atoms with van der Waals surface area (Å²) >= 11 is 0. The van der Waals surface area contributed by atoms with Crippen molar-refractivity contribution < 1.29 is 4.74 Å². The summed E-state index contributed by atoms with van der Waals surface area (Å²) in [5.41, 5.74) is 2.61. The Morgan fingerprint density at radius 1 is 1.38 bits per heavy atom. The van der Waals surface area contributed by atoms with Crippen molar-refractivity contribution in [1.82, 2.24) is 20.0 Å². The zero-order valence-electron chi connectivity index (χ0n) is 15.3. The molecule has 1 N–H and O–H groups in total. The van der Waals surface area contributed by atoms with E-state index in [2.05, 4.69) is 38.6 Å². The van der Waals surface area contributed by atoms with Gasteiger partial charge in [0.25, 0.3) is 0 Å². The van der Waals surface area contributed by atoms with Gasteiger partial charge in [-0.05, 0) is 23.6 Å². The number of aliphatic imine (C=N–C) groups is 1. The SMILES string of the molecule is CN=C(NCC1Cc2ccccc2O1)N1CCC(c2cnn(C)c2)C1.I. The predicted octanol–water partition coefficient (Wildman–Crippen LogP) is 2.41. The molecule has 1 aromatic heterocycles. The molecule has 2 aromatic rings. The summed E-state index contributed by atoms with van der Waals surface area (Å²) < 4.78 is 7.89. The van der Waals surface area contributed by atoms with E-state index in [1.54, 1.807) is 0 Å². The molecule has 0 spiro atoms. The van der Waals surface area contributed by atoms with Gasteiger partial charge in [-0.1, -0.05) is 18.2 Å². The minimum atomic E-state index is 0. The molecule has 1 saturated heterocycles. The first-order chi connectivity index (χ1) is 12.2. The number of para-hydroxylation sites is 1. The minimum Gasteiger partial charge on any atom is -0.488 e. The van der Waals surface area contributed by atoms with Crippen molar-refractivity contribution in [2.75, 3.05) is 26.7 Å². The molecular formula is C19H26IN5O. The van der Waals surface area contributed by atoms with Gasteiger partial charge < -0.3 is 15.0 Å². The second-order valence-electron chi connectivity index (χ2n) is 6.86. The Labute approximate surface area is 171 Å². The third-order valence-electron chi connectivity index (χ3n) is 5.10. The van der Waals surface area contributed by atoms with Crippen LogP contribution in [0.4, 0.5) is 0 Å². The molecule has 4 rings (SSSR count). The van der Waals surface area contributed by atoms with Gasteiger partial charge in [-0.2, -0.15) is 5.10 Å². The number of rotatable bonds is 3. The zero-order chi connectivity index (χ0) is 17.2. The lowest BCUT2D eigenvalue weighted by Gasteiger charge is -2.23. The van der Waals surface area contributed by atoms with Gasteiger partial charge in [-0.3, -0.25) is 9.67 Å². The van der Waals surface area contributed by atoms with Crippen LogP contribution in [-0.2, 0) is 13.5 Å². The molecule has 1 aromatic carbocycles. The summed E-state index contributed by atoms with van der Waals surface area (Å²) in [7, 11) is 3.82. The number of fused-ring (bicyclic) bond motifs is 1. The van der Waals surface area contributed by atoms with E-state index in [1.165, 1.54) is 11.1 Å². The summed E-state index contributed by atoms with van der Waals surface area (Å²) in [6, 6.07) is 8.28. The molecule has 26 heavy (non-hydrogen) atoms. The second-order valence-corrected chi connectivity index (χ2v) is 6.86. The fraction of sp³-hybridized carbons (Fsp3) is 0.474. The minimum absolute atomic E-state index is 0. The van der Waals surface area contributed by atoms with Crippen molar-refractivity contribution in [3.63, 3.8) is 0 Å². The second kappa shape index (κ2) is 8.28. The van der Waals surface area contributed by atoms with Crippen LogP contribution < -0.4 is 10.1 Å².